The summed E-state index contributed by atoms with van der Waals surface area (Å²) in [6, 6.07) is 1.70. The first-order valence-corrected chi connectivity index (χ1v) is 7.97. The number of hydrogen-bond donors (Lipinski definition) is 0. The number of methoxy groups -OCH3 is 1. The molecule has 4 nitrogen and oxygen atoms in total. The van der Waals surface area contributed by atoms with Crippen LogP contribution >= 0.6 is 15.9 Å². The molecule has 1 atom stereocenters. The van der Waals surface area contributed by atoms with E-state index in [2.05, 4.69) is 15.9 Å². The van der Waals surface area contributed by atoms with Crippen LogP contribution in [0.1, 0.15) is 32.1 Å². The molecule has 110 valence electrons. The van der Waals surface area contributed by atoms with Crippen molar-refractivity contribution in [1.29, 1.82) is 0 Å². The third-order valence-corrected chi connectivity index (χ3v) is 5.11. The van der Waals surface area contributed by atoms with Crippen LogP contribution in [0.25, 0.3) is 0 Å². The Morgan fingerprint density at radius 2 is 2.30 bits per heavy atom. The zero-order valence-corrected chi connectivity index (χ0v) is 13.3. The highest BCUT2D eigenvalue weighted by atomic mass is 79.9. The monoisotopic (exact) mass is 341 g/mol. The molecule has 0 radical (unpaired) electrons. The third kappa shape index (κ3) is 2.66. The molecule has 2 aliphatic rings. The maximum absolute atomic E-state index is 12.2. The second kappa shape index (κ2) is 5.53. The zero-order chi connectivity index (χ0) is 14.2. The van der Waals surface area contributed by atoms with Gasteiger partial charge in [0.15, 0.2) is 5.75 Å². The average molecular weight is 342 g/mol. The minimum absolute atomic E-state index is 0.0942. The first-order chi connectivity index (χ1) is 9.62. The van der Waals surface area contributed by atoms with Crippen LogP contribution in [-0.4, -0.2) is 24.4 Å². The molecule has 0 aromatic carbocycles. The molecule has 20 heavy (non-hydrogen) atoms. The molecular weight excluding hydrogens is 322 g/mol. The molecule has 0 amide bonds. The first-order valence-electron chi connectivity index (χ1n) is 7.17. The van der Waals surface area contributed by atoms with Crippen LogP contribution in [0.4, 0.5) is 0 Å². The van der Waals surface area contributed by atoms with Crippen molar-refractivity contribution in [2.45, 2.75) is 44.8 Å². The maximum Gasteiger partial charge on any atom is 0.293 e. The lowest BCUT2D eigenvalue weighted by atomic mass is 9.65. The lowest BCUT2D eigenvalue weighted by molar-refractivity contribution is -0.101. The number of rotatable bonds is 3. The van der Waals surface area contributed by atoms with Gasteiger partial charge in [-0.1, -0.05) is 6.42 Å². The molecule has 0 bridgehead atoms. The predicted octanol–water partition coefficient (Wildman–Crippen LogP) is 2.97. The number of hydrogen-bond acceptors (Lipinski definition) is 3. The van der Waals surface area contributed by atoms with E-state index in [0.717, 1.165) is 17.5 Å². The lowest BCUT2D eigenvalue weighted by Gasteiger charge is -2.46. The second-order valence-corrected chi connectivity index (χ2v) is 6.93. The third-order valence-electron chi connectivity index (χ3n) is 4.68. The summed E-state index contributed by atoms with van der Waals surface area (Å²) in [7, 11) is 1.52. The molecule has 1 saturated carbocycles. The van der Waals surface area contributed by atoms with E-state index < -0.39 is 0 Å². The summed E-state index contributed by atoms with van der Waals surface area (Å²) >= 11 is 3.41. The summed E-state index contributed by atoms with van der Waals surface area (Å²) in [5.41, 5.74) is 0.374. The molecule has 3 rings (SSSR count). The Bertz CT molecular complexity index is 541. The first kappa shape index (κ1) is 14.1. The number of pyridine rings is 1. The van der Waals surface area contributed by atoms with Crippen LogP contribution in [0.15, 0.2) is 21.5 Å². The van der Waals surface area contributed by atoms with Crippen LogP contribution in [0.5, 0.6) is 5.75 Å². The van der Waals surface area contributed by atoms with Gasteiger partial charge in [-0.3, -0.25) is 4.79 Å². The van der Waals surface area contributed by atoms with Crippen molar-refractivity contribution in [1.82, 2.24) is 4.57 Å². The number of nitrogens with zero attached hydrogens (tertiary/aromatic N) is 1. The van der Waals surface area contributed by atoms with Crippen molar-refractivity contribution in [2.24, 2.45) is 5.41 Å². The summed E-state index contributed by atoms with van der Waals surface area (Å²) < 4.78 is 13.6. The molecule has 1 aliphatic heterocycles. The van der Waals surface area contributed by atoms with Gasteiger partial charge in [0.25, 0.3) is 5.56 Å². The molecule has 1 aliphatic carbocycles. The highest BCUT2D eigenvalue weighted by Gasteiger charge is 2.40. The molecule has 0 N–H and O–H groups in total. The van der Waals surface area contributed by atoms with E-state index in [1.807, 2.05) is 6.20 Å². The second-order valence-electron chi connectivity index (χ2n) is 6.01. The van der Waals surface area contributed by atoms with Gasteiger partial charge >= 0.3 is 0 Å². The van der Waals surface area contributed by atoms with Gasteiger partial charge in [0.1, 0.15) is 0 Å². The fourth-order valence-electron chi connectivity index (χ4n) is 3.21. The summed E-state index contributed by atoms with van der Waals surface area (Å²) in [5, 5.41) is 0. The van der Waals surface area contributed by atoms with E-state index in [-0.39, 0.29) is 11.7 Å². The zero-order valence-electron chi connectivity index (χ0n) is 11.7. The van der Waals surface area contributed by atoms with Crippen LogP contribution in [0, 0.1) is 5.41 Å². The van der Waals surface area contributed by atoms with Crippen molar-refractivity contribution >= 4 is 15.9 Å². The minimum atomic E-state index is -0.0942. The number of halogens is 1. The van der Waals surface area contributed by atoms with Crippen molar-refractivity contribution in [3.63, 3.8) is 0 Å². The number of aromatic nitrogens is 1. The van der Waals surface area contributed by atoms with E-state index >= 15 is 0 Å². The normalized spacial score (nSPS) is 24.4. The van der Waals surface area contributed by atoms with E-state index in [1.165, 1.54) is 32.8 Å². The van der Waals surface area contributed by atoms with Crippen molar-refractivity contribution in [3.05, 3.63) is 27.1 Å². The van der Waals surface area contributed by atoms with Gasteiger partial charge in [0.2, 0.25) is 0 Å². The Hall–Kier alpha value is -0.810. The largest absolute Gasteiger partial charge is 0.491 e. The van der Waals surface area contributed by atoms with E-state index in [9.17, 15) is 4.79 Å². The summed E-state index contributed by atoms with van der Waals surface area (Å²) in [4.78, 5) is 12.2. The predicted molar refractivity (Wildman–Crippen MR) is 80.2 cm³/mol. The van der Waals surface area contributed by atoms with Gasteiger partial charge in [-0.25, -0.2) is 0 Å². The summed E-state index contributed by atoms with van der Waals surface area (Å²) in [6.07, 6.45) is 8.18. The standard InChI is InChI=1S/C15H20BrNO3/c1-19-13-7-11(16)8-17(14(13)18)9-12-3-6-15(10-20-12)4-2-5-15/h7-8,12H,2-6,9-10H2,1H3. The van der Waals surface area contributed by atoms with Gasteiger partial charge in [0, 0.05) is 16.7 Å². The van der Waals surface area contributed by atoms with E-state index in [0.29, 0.717) is 17.7 Å². The van der Waals surface area contributed by atoms with E-state index in [1.54, 1.807) is 10.6 Å². The topological polar surface area (TPSA) is 40.5 Å². The van der Waals surface area contributed by atoms with E-state index in [4.69, 9.17) is 9.47 Å². The van der Waals surface area contributed by atoms with Crippen molar-refractivity contribution < 1.29 is 9.47 Å². The Morgan fingerprint density at radius 3 is 2.85 bits per heavy atom. The molecule has 1 unspecified atom stereocenters. The van der Waals surface area contributed by atoms with Gasteiger partial charge in [-0.15, -0.1) is 0 Å². The Balaban J connectivity index is 1.69. The summed E-state index contributed by atoms with van der Waals surface area (Å²) in [6.45, 7) is 1.46. The maximum atomic E-state index is 12.2. The quantitative estimate of drug-likeness (QED) is 0.848. The molecule has 2 fully saturated rings. The molecule has 1 aromatic rings. The van der Waals surface area contributed by atoms with Gasteiger partial charge < -0.3 is 14.0 Å². The number of ether oxygens (including phenoxy) is 2. The van der Waals surface area contributed by atoms with Crippen LogP contribution in [-0.2, 0) is 11.3 Å². The molecule has 5 heteroatoms. The fraction of sp³-hybridized carbons (Fsp3) is 0.667. The molecule has 2 heterocycles. The molecular formula is C15H20BrNO3. The van der Waals surface area contributed by atoms with Crippen LogP contribution in [0.2, 0.25) is 0 Å². The molecule has 1 spiro atoms. The smallest absolute Gasteiger partial charge is 0.293 e. The lowest BCUT2D eigenvalue weighted by Crippen LogP contribution is -2.42. The van der Waals surface area contributed by atoms with Crippen LogP contribution in [0.3, 0.4) is 0 Å². The summed E-state index contributed by atoms with van der Waals surface area (Å²) in [5.74, 6) is 0.366. The Labute approximate surface area is 127 Å². The van der Waals surface area contributed by atoms with Crippen LogP contribution < -0.4 is 10.3 Å². The molecule has 1 aromatic heterocycles. The molecule has 1 saturated heterocycles. The van der Waals surface area contributed by atoms with Gasteiger partial charge in [-0.05, 0) is 47.0 Å². The fourth-order valence-corrected chi connectivity index (χ4v) is 3.66. The SMILES string of the molecule is COc1cc(Br)cn(CC2CCC3(CCC3)CO2)c1=O. The van der Waals surface area contributed by atoms with Gasteiger partial charge in [0.05, 0.1) is 26.4 Å². The van der Waals surface area contributed by atoms with Crippen molar-refractivity contribution in [3.8, 4) is 5.75 Å². The Kier molecular flexibility index (Phi) is 3.91. The minimum Gasteiger partial charge on any atom is -0.491 e. The average Bonchev–Trinajstić information content (AvgIpc) is 2.41. The Morgan fingerprint density at radius 1 is 1.50 bits per heavy atom. The highest BCUT2D eigenvalue weighted by Crippen LogP contribution is 2.47. The van der Waals surface area contributed by atoms with Gasteiger partial charge in [-0.2, -0.15) is 0 Å². The van der Waals surface area contributed by atoms with Crippen molar-refractivity contribution in [2.75, 3.05) is 13.7 Å². The highest BCUT2D eigenvalue weighted by molar-refractivity contribution is 9.10.